The molecule has 1 fully saturated rings. The van der Waals surface area contributed by atoms with Crippen molar-refractivity contribution in [1.82, 2.24) is 0 Å². The molecule has 0 atom stereocenters. The maximum Gasteiger partial charge on any atom is 0.235 e. The van der Waals surface area contributed by atoms with Gasteiger partial charge in [-0.1, -0.05) is 40.2 Å². The molecule has 0 aliphatic heterocycles. The van der Waals surface area contributed by atoms with E-state index in [0.717, 1.165) is 34.3 Å². The van der Waals surface area contributed by atoms with E-state index in [1.54, 1.807) is 7.11 Å². The van der Waals surface area contributed by atoms with Crippen LogP contribution in [0.4, 0.5) is 5.69 Å². The van der Waals surface area contributed by atoms with Crippen LogP contribution in [0.3, 0.4) is 0 Å². The predicted octanol–water partition coefficient (Wildman–Crippen LogP) is 4.13. The van der Waals surface area contributed by atoms with E-state index < -0.39 is 5.41 Å². The first-order valence-corrected chi connectivity index (χ1v) is 7.65. The van der Waals surface area contributed by atoms with Gasteiger partial charge in [-0.15, -0.1) is 0 Å². The fourth-order valence-corrected chi connectivity index (χ4v) is 3.00. The third-order valence-corrected chi connectivity index (χ3v) is 4.38. The molecule has 1 saturated carbocycles. The van der Waals surface area contributed by atoms with Gasteiger partial charge >= 0.3 is 0 Å². The van der Waals surface area contributed by atoms with Gasteiger partial charge in [0.1, 0.15) is 5.75 Å². The van der Waals surface area contributed by atoms with E-state index in [2.05, 4.69) is 21.2 Å². The van der Waals surface area contributed by atoms with Crippen molar-refractivity contribution < 1.29 is 9.53 Å². The van der Waals surface area contributed by atoms with Crippen molar-refractivity contribution in [2.75, 3.05) is 12.4 Å². The topological polar surface area (TPSA) is 38.3 Å². The summed E-state index contributed by atoms with van der Waals surface area (Å²) in [6.45, 7) is 0. The van der Waals surface area contributed by atoms with Gasteiger partial charge in [-0.3, -0.25) is 4.79 Å². The number of halogens is 1. The molecule has 0 spiro atoms. The smallest absolute Gasteiger partial charge is 0.235 e. The highest BCUT2D eigenvalue weighted by Crippen LogP contribution is 2.51. The SMILES string of the molecule is COc1ccccc1C1(C(=O)Nc2cccc(Br)c2)CC1. The number of hydrogen-bond acceptors (Lipinski definition) is 2. The van der Waals surface area contributed by atoms with Gasteiger partial charge in [0.15, 0.2) is 0 Å². The summed E-state index contributed by atoms with van der Waals surface area (Å²) in [4.78, 5) is 12.7. The number of carbonyl (C=O) groups excluding carboxylic acids is 1. The average Bonchev–Trinajstić information content (AvgIpc) is 3.29. The highest BCUT2D eigenvalue weighted by atomic mass is 79.9. The van der Waals surface area contributed by atoms with Gasteiger partial charge in [0.2, 0.25) is 5.91 Å². The standard InChI is InChI=1S/C17H16BrNO2/c1-21-15-8-3-2-7-14(15)17(9-10-17)16(20)19-13-6-4-5-12(18)11-13/h2-8,11H,9-10H2,1H3,(H,19,20). The summed E-state index contributed by atoms with van der Waals surface area (Å²) in [7, 11) is 1.64. The molecule has 2 aromatic carbocycles. The molecule has 0 saturated heterocycles. The molecule has 2 aromatic rings. The number of para-hydroxylation sites is 1. The quantitative estimate of drug-likeness (QED) is 0.904. The normalized spacial score (nSPS) is 15.3. The predicted molar refractivity (Wildman–Crippen MR) is 86.7 cm³/mol. The average molecular weight is 346 g/mol. The Morgan fingerprint density at radius 2 is 1.95 bits per heavy atom. The highest BCUT2D eigenvalue weighted by molar-refractivity contribution is 9.10. The number of ether oxygens (including phenoxy) is 1. The Bertz CT molecular complexity index is 680. The first-order valence-electron chi connectivity index (χ1n) is 6.86. The second kappa shape index (κ2) is 5.53. The number of anilines is 1. The number of amides is 1. The molecule has 3 rings (SSSR count). The fourth-order valence-electron chi connectivity index (χ4n) is 2.60. The van der Waals surface area contributed by atoms with Crippen LogP contribution in [0.1, 0.15) is 18.4 Å². The van der Waals surface area contributed by atoms with Crippen molar-refractivity contribution >= 4 is 27.5 Å². The maximum absolute atomic E-state index is 12.7. The fraction of sp³-hybridized carbons (Fsp3) is 0.235. The highest BCUT2D eigenvalue weighted by Gasteiger charge is 2.52. The minimum Gasteiger partial charge on any atom is -0.496 e. The molecule has 1 N–H and O–H groups in total. The lowest BCUT2D eigenvalue weighted by Crippen LogP contribution is -2.28. The zero-order valence-corrected chi connectivity index (χ0v) is 13.3. The van der Waals surface area contributed by atoms with Crippen molar-refractivity contribution in [2.45, 2.75) is 18.3 Å². The van der Waals surface area contributed by atoms with E-state index in [4.69, 9.17) is 4.74 Å². The molecule has 21 heavy (non-hydrogen) atoms. The van der Waals surface area contributed by atoms with Crippen LogP contribution in [-0.2, 0) is 10.2 Å². The van der Waals surface area contributed by atoms with Gasteiger partial charge in [0.05, 0.1) is 12.5 Å². The van der Waals surface area contributed by atoms with Crippen LogP contribution in [-0.4, -0.2) is 13.0 Å². The third kappa shape index (κ3) is 2.68. The molecule has 0 heterocycles. The van der Waals surface area contributed by atoms with E-state index in [9.17, 15) is 4.79 Å². The molecule has 3 nitrogen and oxygen atoms in total. The van der Waals surface area contributed by atoms with Crippen molar-refractivity contribution in [3.05, 3.63) is 58.6 Å². The minimum atomic E-state index is -0.449. The van der Waals surface area contributed by atoms with E-state index in [1.165, 1.54) is 0 Å². The zero-order chi connectivity index (χ0) is 14.9. The van der Waals surface area contributed by atoms with Crippen LogP contribution in [0.15, 0.2) is 53.0 Å². The summed E-state index contributed by atoms with van der Waals surface area (Å²) in [6, 6.07) is 15.4. The number of methoxy groups -OCH3 is 1. The number of rotatable bonds is 4. The second-order valence-corrected chi connectivity index (χ2v) is 6.16. The van der Waals surface area contributed by atoms with Crippen LogP contribution in [0.25, 0.3) is 0 Å². The summed E-state index contributed by atoms with van der Waals surface area (Å²) >= 11 is 3.41. The maximum atomic E-state index is 12.7. The van der Waals surface area contributed by atoms with E-state index in [-0.39, 0.29) is 5.91 Å². The number of hydrogen-bond donors (Lipinski definition) is 1. The van der Waals surface area contributed by atoms with Crippen LogP contribution in [0.2, 0.25) is 0 Å². The zero-order valence-electron chi connectivity index (χ0n) is 11.7. The largest absolute Gasteiger partial charge is 0.496 e. The molecule has 108 valence electrons. The van der Waals surface area contributed by atoms with Crippen molar-refractivity contribution in [3.8, 4) is 5.75 Å². The lowest BCUT2D eigenvalue weighted by molar-refractivity contribution is -0.118. The first kappa shape index (κ1) is 14.1. The van der Waals surface area contributed by atoms with E-state index in [0.29, 0.717) is 0 Å². The molecule has 0 aromatic heterocycles. The Morgan fingerprint density at radius 1 is 1.19 bits per heavy atom. The third-order valence-electron chi connectivity index (χ3n) is 3.89. The Kier molecular flexibility index (Phi) is 3.72. The Hall–Kier alpha value is -1.81. The Morgan fingerprint density at radius 3 is 2.62 bits per heavy atom. The van der Waals surface area contributed by atoms with Gasteiger partial charge in [-0.2, -0.15) is 0 Å². The second-order valence-electron chi connectivity index (χ2n) is 5.25. The molecule has 0 radical (unpaired) electrons. The Labute approximate surface area is 132 Å². The Balaban J connectivity index is 1.87. The molecule has 1 aliphatic carbocycles. The van der Waals surface area contributed by atoms with Gasteiger partial charge in [0, 0.05) is 15.7 Å². The summed E-state index contributed by atoms with van der Waals surface area (Å²) in [5.74, 6) is 0.810. The number of nitrogens with one attached hydrogen (secondary N) is 1. The summed E-state index contributed by atoms with van der Waals surface area (Å²) in [5.41, 5.74) is 1.32. The van der Waals surface area contributed by atoms with Gasteiger partial charge in [-0.25, -0.2) is 0 Å². The molecule has 4 heteroatoms. The molecule has 1 aliphatic rings. The molecular weight excluding hydrogens is 330 g/mol. The molecule has 1 amide bonds. The van der Waals surface area contributed by atoms with Crippen LogP contribution < -0.4 is 10.1 Å². The van der Waals surface area contributed by atoms with Crippen molar-refractivity contribution in [1.29, 1.82) is 0 Å². The van der Waals surface area contributed by atoms with Crippen molar-refractivity contribution in [2.24, 2.45) is 0 Å². The van der Waals surface area contributed by atoms with Crippen LogP contribution >= 0.6 is 15.9 Å². The van der Waals surface area contributed by atoms with Crippen LogP contribution in [0, 0.1) is 0 Å². The first-order chi connectivity index (χ1) is 10.2. The van der Waals surface area contributed by atoms with Gasteiger partial charge in [0.25, 0.3) is 0 Å². The lowest BCUT2D eigenvalue weighted by Gasteiger charge is -2.18. The lowest BCUT2D eigenvalue weighted by atomic mass is 9.94. The summed E-state index contributed by atoms with van der Waals surface area (Å²) in [5, 5.41) is 3.01. The van der Waals surface area contributed by atoms with Crippen LogP contribution in [0.5, 0.6) is 5.75 Å². The van der Waals surface area contributed by atoms with E-state index >= 15 is 0 Å². The number of benzene rings is 2. The molecular formula is C17H16BrNO2. The number of carbonyl (C=O) groups is 1. The summed E-state index contributed by atoms with van der Waals surface area (Å²) < 4.78 is 6.35. The van der Waals surface area contributed by atoms with E-state index in [1.807, 2.05) is 48.5 Å². The monoisotopic (exact) mass is 345 g/mol. The van der Waals surface area contributed by atoms with Crippen molar-refractivity contribution in [3.63, 3.8) is 0 Å². The molecule has 0 bridgehead atoms. The minimum absolute atomic E-state index is 0.0325. The molecule has 0 unspecified atom stereocenters. The van der Waals surface area contributed by atoms with Gasteiger partial charge in [-0.05, 0) is 37.1 Å². The van der Waals surface area contributed by atoms with Gasteiger partial charge < -0.3 is 10.1 Å². The summed E-state index contributed by atoms with van der Waals surface area (Å²) in [6.07, 6.45) is 1.71.